The molecule has 0 aliphatic rings. The summed E-state index contributed by atoms with van der Waals surface area (Å²) in [5, 5.41) is 3.83. The summed E-state index contributed by atoms with van der Waals surface area (Å²) in [7, 11) is 0. The first-order valence-electron chi connectivity index (χ1n) is 6.56. The van der Waals surface area contributed by atoms with E-state index in [4.69, 9.17) is 5.73 Å². The summed E-state index contributed by atoms with van der Waals surface area (Å²) in [6.45, 7) is 2.17. The average Bonchev–Trinajstić information content (AvgIpc) is 2.39. The van der Waals surface area contributed by atoms with E-state index in [1.54, 1.807) is 6.21 Å². The second-order valence-electron chi connectivity index (χ2n) is 4.32. The molecule has 0 heterocycles. The topological polar surface area (TPSA) is 67.5 Å². The molecule has 0 spiro atoms. The van der Waals surface area contributed by atoms with Crippen LogP contribution in [0.3, 0.4) is 0 Å². The minimum atomic E-state index is -0.649. The second-order valence-corrected chi connectivity index (χ2v) is 4.32. The number of amides is 2. The third kappa shape index (κ3) is 7.03. The molecule has 19 heavy (non-hydrogen) atoms. The molecule has 0 radical (unpaired) electrons. The Hall–Kier alpha value is -2.10. The van der Waals surface area contributed by atoms with Crippen molar-refractivity contribution in [1.82, 2.24) is 5.43 Å². The van der Waals surface area contributed by atoms with Gasteiger partial charge in [0, 0.05) is 0 Å². The van der Waals surface area contributed by atoms with Crippen LogP contribution in [0.15, 0.2) is 41.0 Å². The number of hydrogen-bond donors (Lipinski definition) is 2. The Morgan fingerprint density at radius 2 is 2.05 bits per heavy atom. The molecule has 0 aromatic heterocycles. The van der Waals surface area contributed by atoms with Gasteiger partial charge in [-0.15, -0.1) is 0 Å². The number of nitrogens with one attached hydrogen (secondary N) is 1. The van der Waals surface area contributed by atoms with Gasteiger partial charge in [0.1, 0.15) is 0 Å². The van der Waals surface area contributed by atoms with Gasteiger partial charge in [-0.05, 0) is 24.0 Å². The molecular formula is C15H21N3O. The van der Waals surface area contributed by atoms with E-state index in [0.717, 1.165) is 24.0 Å². The fourth-order valence-corrected chi connectivity index (χ4v) is 1.70. The number of carbonyl (C=O) groups excluding carboxylic acids is 1. The van der Waals surface area contributed by atoms with Crippen LogP contribution in [0.4, 0.5) is 4.79 Å². The molecule has 4 nitrogen and oxygen atoms in total. The van der Waals surface area contributed by atoms with Gasteiger partial charge in [-0.3, -0.25) is 0 Å². The van der Waals surface area contributed by atoms with Crippen LogP contribution in [-0.4, -0.2) is 12.2 Å². The van der Waals surface area contributed by atoms with Crippen LogP contribution in [-0.2, 0) is 0 Å². The fourth-order valence-electron chi connectivity index (χ4n) is 1.70. The highest BCUT2D eigenvalue weighted by atomic mass is 16.2. The number of benzene rings is 1. The highest BCUT2D eigenvalue weighted by Crippen LogP contribution is 2.12. The van der Waals surface area contributed by atoms with Gasteiger partial charge in [0.2, 0.25) is 0 Å². The van der Waals surface area contributed by atoms with Crippen molar-refractivity contribution in [3.05, 3.63) is 41.5 Å². The molecule has 1 aromatic rings. The number of unbranched alkanes of at least 4 members (excludes halogenated alkanes) is 2. The van der Waals surface area contributed by atoms with E-state index < -0.39 is 6.03 Å². The smallest absolute Gasteiger partial charge is 0.332 e. The summed E-state index contributed by atoms with van der Waals surface area (Å²) in [4.78, 5) is 10.6. The minimum Gasteiger partial charge on any atom is -0.350 e. The molecule has 102 valence electrons. The molecule has 0 bridgehead atoms. The maximum absolute atomic E-state index is 10.6. The van der Waals surface area contributed by atoms with Crippen molar-refractivity contribution >= 4 is 18.3 Å². The van der Waals surface area contributed by atoms with Crippen LogP contribution < -0.4 is 11.2 Å². The van der Waals surface area contributed by atoms with Crippen LogP contribution in [0, 0.1) is 0 Å². The van der Waals surface area contributed by atoms with Crippen molar-refractivity contribution in [2.24, 2.45) is 10.8 Å². The maximum atomic E-state index is 10.6. The highest BCUT2D eigenvalue weighted by Gasteiger charge is 1.96. The van der Waals surface area contributed by atoms with Crippen LogP contribution >= 0.6 is 0 Å². The Bertz CT molecular complexity index is 438. The summed E-state index contributed by atoms with van der Waals surface area (Å²) >= 11 is 0. The van der Waals surface area contributed by atoms with E-state index in [2.05, 4.69) is 23.5 Å². The molecule has 0 saturated heterocycles. The number of carbonyl (C=O) groups is 1. The molecule has 0 atom stereocenters. The average molecular weight is 259 g/mol. The lowest BCUT2D eigenvalue weighted by Gasteiger charge is -2.02. The highest BCUT2D eigenvalue weighted by molar-refractivity contribution is 5.86. The largest absolute Gasteiger partial charge is 0.350 e. The SMILES string of the molecule is CCCCCC(/C=N\NC(N)=O)=C\c1ccccc1. The zero-order valence-corrected chi connectivity index (χ0v) is 11.3. The predicted molar refractivity (Wildman–Crippen MR) is 79.8 cm³/mol. The lowest BCUT2D eigenvalue weighted by molar-refractivity contribution is 0.249. The van der Waals surface area contributed by atoms with Gasteiger partial charge >= 0.3 is 6.03 Å². The quantitative estimate of drug-likeness (QED) is 0.440. The molecule has 0 unspecified atom stereocenters. The van der Waals surface area contributed by atoms with Crippen molar-refractivity contribution in [2.45, 2.75) is 32.6 Å². The maximum Gasteiger partial charge on any atom is 0.332 e. The first-order valence-corrected chi connectivity index (χ1v) is 6.56. The third-order valence-electron chi connectivity index (χ3n) is 2.63. The molecule has 0 aliphatic carbocycles. The van der Waals surface area contributed by atoms with Gasteiger partial charge in [-0.25, -0.2) is 10.2 Å². The van der Waals surface area contributed by atoms with Crippen molar-refractivity contribution in [2.75, 3.05) is 0 Å². The number of nitrogens with zero attached hydrogens (tertiary/aromatic N) is 1. The van der Waals surface area contributed by atoms with Gasteiger partial charge in [0.25, 0.3) is 0 Å². The van der Waals surface area contributed by atoms with Crippen LogP contribution in [0.5, 0.6) is 0 Å². The predicted octanol–water partition coefficient (Wildman–Crippen LogP) is 3.30. The number of hydrogen-bond acceptors (Lipinski definition) is 2. The number of nitrogens with two attached hydrogens (primary N) is 1. The molecule has 0 aliphatic heterocycles. The van der Waals surface area contributed by atoms with Gasteiger partial charge in [-0.1, -0.05) is 56.2 Å². The Morgan fingerprint density at radius 3 is 2.68 bits per heavy atom. The Morgan fingerprint density at radius 1 is 1.32 bits per heavy atom. The number of urea groups is 1. The molecule has 2 amide bonds. The zero-order valence-electron chi connectivity index (χ0n) is 11.3. The molecule has 0 fully saturated rings. The van der Waals surface area contributed by atoms with E-state index in [1.807, 2.05) is 30.3 Å². The number of hydrazone groups is 1. The number of rotatable bonds is 7. The second kappa shape index (κ2) is 8.91. The van der Waals surface area contributed by atoms with Gasteiger partial charge in [-0.2, -0.15) is 5.10 Å². The van der Waals surface area contributed by atoms with Gasteiger partial charge in [0.15, 0.2) is 0 Å². The van der Waals surface area contributed by atoms with Gasteiger partial charge < -0.3 is 5.73 Å². The van der Waals surface area contributed by atoms with E-state index in [0.29, 0.717) is 0 Å². The molecule has 1 aromatic carbocycles. The van der Waals surface area contributed by atoms with E-state index in [1.165, 1.54) is 12.8 Å². The van der Waals surface area contributed by atoms with Crippen molar-refractivity contribution in [1.29, 1.82) is 0 Å². The van der Waals surface area contributed by atoms with Crippen LogP contribution in [0.1, 0.15) is 38.2 Å². The summed E-state index contributed by atoms with van der Waals surface area (Å²) in [6, 6.07) is 9.40. The normalized spacial score (nSPS) is 11.7. The Kier molecular flexibility index (Phi) is 7.02. The molecular weight excluding hydrogens is 238 g/mol. The number of allylic oxidation sites excluding steroid dienone is 1. The lowest BCUT2D eigenvalue weighted by atomic mass is 10.1. The first-order chi connectivity index (χ1) is 9.22. The number of primary amides is 1. The molecule has 1 rings (SSSR count). The lowest BCUT2D eigenvalue weighted by Crippen LogP contribution is -2.24. The van der Waals surface area contributed by atoms with Crippen molar-refractivity contribution in [3.63, 3.8) is 0 Å². The first kappa shape index (κ1) is 15.0. The van der Waals surface area contributed by atoms with Crippen molar-refractivity contribution < 1.29 is 4.79 Å². The Labute approximate surface area is 114 Å². The molecule has 0 saturated carbocycles. The fraction of sp³-hybridized carbons (Fsp3) is 0.333. The van der Waals surface area contributed by atoms with E-state index in [9.17, 15) is 4.79 Å². The van der Waals surface area contributed by atoms with E-state index in [-0.39, 0.29) is 0 Å². The van der Waals surface area contributed by atoms with E-state index >= 15 is 0 Å². The summed E-state index contributed by atoms with van der Waals surface area (Å²) in [5.41, 5.74) is 9.39. The summed E-state index contributed by atoms with van der Waals surface area (Å²) in [6.07, 6.45) is 8.14. The van der Waals surface area contributed by atoms with Crippen molar-refractivity contribution in [3.8, 4) is 0 Å². The monoisotopic (exact) mass is 259 g/mol. The molecule has 3 N–H and O–H groups in total. The standard InChI is InChI=1S/C15H21N3O/c1-2-3-5-10-14(12-17-18-15(16)19)11-13-8-6-4-7-9-13/h4,6-9,11-12H,2-3,5,10H2,1H3,(H3,16,18,19)/b14-11+,17-12-. The summed E-state index contributed by atoms with van der Waals surface area (Å²) in [5.74, 6) is 0. The minimum absolute atomic E-state index is 0.649. The van der Waals surface area contributed by atoms with Crippen LogP contribution in [0.25, 0.3) is 6.08 Å². The zero-order chi connectivity index (χ0) is 13.9. The van der Waals surface area contributed by atoms with Crippen LogP contribution in [0.2, 0.25) is 0 Å². The van der Waals surface area contributed by atoms with Gasteiger partial charge in [0.05, 0.1) is 6.21 Å². The summed E-state index contributed by atoms with van der Waals surface area (Å²) < 4.78 is 0. The molecule has 4 heteroatoms. The Balaban J connectivity index is 2.70. The third-order valence-corrected chi connectivity index (χ3v) is 2.63.